The van der Waals surface area contributed by atoms with Crippen molar-refractivity contribution in [2.24, 2.45) is 0 Å². The van der Waals surface area contributed by atoms with Gasteiger partial charge in [0, 0.05) is 24.8 Å². The molecule has 0 amide bonds. The number of rotatable bonds is 7. The van der Waals surface area contributed by atoms with Crippen molar-refractivity contribution < 1.29 is 9.47 Å². The zero-order valence-electron chi connectivity index (χ0n) is 20.4. The number of nitrogens with zero attached hydrogens (tertiary/aromatic N) is 9. The summed E-state index contributed by atoms with van der Waals surface area (Å²) in [7, 11) is 1.59. The minimum atomic E-state index is 0.308. The maximum atomic E-state index is 9.59. The van der Waals surface area contributed by atoms with Gasteiger partial charge in [-0.15, -0.1) is 15.3 Å². The number of benzene rings is 1. The van der Waals surface area contributed by atoms with Crippen molar-refractivity contribution in [3.05, 3.63) is 67.1 Å². The van der Waals surface area contributed by atoms with Gasteiger partial charge in [0.05, 0.1) is 49.8 Å². The van der Waals surface area contributed by atoms with E-state index in [1.165, 1.54) is 10.7 Å². The average molecular weight is 510 g/mol. The van der Waals surface area contributed by atoms with Crippen LogP contribution in [0, 0.1) is 11.3 Å². The van der Waals surface area contributed by atoms with E-state index in [4.69, 9.17) is 9.47 Å². The molecule has 0 aliphatic carbocycles. The van der Waals surface area contributed by atoms with Crippen LogP contribution in [-0.2, 0) is 4.74 Å². The second kappa shape index (κ2) is 10.0. The van der Waals surface area contributed by atoms with Crippen LogP contribution < -0.4 is 20.3 Å². The summed E-state index contributed by atoms with van der Waals surface area (Å²) in [6.45, 7) is 2.95. The Hall–Kier alpha value is -5.22. The normalized spacial score (nSPS) is 13.3. The molecule has 0 bridgehead atoms. The standard InChI is InChI=1S/C25H23N11O2/c1-37-19-3-5-23(27-14-19)32-20-11-24(33-36-18(12-26)13-28-25(20)36)31-17-2-4-21(34-6-8-38-9-7-34)22(10-17)35-15-29-30-16-35/h2-5,10-11,13-16H,6-9H2,1H3,(H,27,32)(H,31,33). The number of nitriles is 1. The summed E-state index contributed by atoms with van der Waals surface area (Å²) in [5.74, 6) is 1.75. The molecule has 1 fully saturated rings. The van der Waals surface area contributed by atoms with Crippen LogP contribution >= 0.6 is 0 Å². The highest BCUT2D eigenvalue weighted by atomic mass is 16.5. The number of nitrogens with one attached hydrogen (secondary N) is 2. The van der Waals surface area contributed by atoms with Gasteiger partial charge in [-0.1, -0.05) is 0 Å². The molecule has 6 rings (SSSR count). The van der Waals surface area contributed by atoms with Crippen molar-refractivity contribution in [2.45, 2.75) is 0 Å². The molecular formula is C25H23N11O2. The molecule has 0 unspecified atom stereocenters. The summed E-state index contributed by atoms with van der Waals surface area (Å²) in [6.07, 6.45) is 6.44. The van der Waals surface area contributed by atoms with Gasteiger partial charge in [-0.2, -0.15) is 9.78 Å². The summed E-state index contributed by atoms with van der Waals surface area (Å²) in [4.78, 5) is 11.0. The summed E-state index contributed by atoms with van der Waals surface area (Å²) < 4.78 is 14.1. The largest absolute Gasteiger partial charge is 0.495 e. The van der Waals surface area contributed by atoms with E-state index in [1.807, 2.05) is 28.8 Å². The minimum Gasteiger partial charge on any atom is -0.495 e. The number of hydrogen-bond acceptors (Lipinski definition) is 11. The van der Waals surface area contributed by atoms with Gasteiger partial charge >= 0.3 is 0 Å². The molecule has 4 aromatic heterocycles. The molecule has 2 N–H and O–H groups in total. The second-order valence-electron chi connectivity index (χ2n) is 8.44. The summed E-state index contributed by atoms with van der Waals surface area (Å²) in [6, 6.07) is 13.6. The van der Waals surface area contributed by atoms with E-state index in [0.717, 1.165) is 30.2 Å². The number of aromatic nitrogens is 7. The lowest BCUT2D eigenvalue weighted by molar-refractivity contribution is 0.122. The molecule has 1 saturated heterocycles. The van der Waals surface area contributed by atoms with Crippen molar-refractivity contribution in [1.82, 2.24) is 34.3 Å². The Bertz CT molecular complexity index is 1600. The maximum Gasteiger partial charge on any atom is 0.179 e. The van der Waals surface area contributed by atoms with Gasteiger partial charge < -0.3 is 25.0 Å². The van der Waals surface area contributed by atoms with E-state index >= 15 is 0 Å². The quantitative estimate of drug-likeness (QED) is 0.334. The number of anilines is 5. The highest BCUT2D eigenvalue weighted by Gasteiger charge is 2.18. The van der Waals surface area contributed by atoms with Crippen molar-refractivity contribution in [2.75, 3.05) is 48.9 Å². The first kappa shape index (κ1) is 23.2. The molecule has 1 aliphatic rings. The molecule has 0 saturated carbocycles. The zero-order chi connectivity index (χ0) is 25.9. The molecule has 13 nitrogen and oxygen atoms in total. The third kappa shape index (κ3) is 4.51. The fourth-order valence-corrected chi connectivity index (χ4v) is 4.26. The van der Waals surface area contributed by atoms with Crippen molar-refractivity contribution in [3.8, 4) is 17.5 Å². The van der Waals surface area contributed by atoms with Crippen LogP contribution in [0.15, 0.2) is 61.4 Å². The smallest absolute Gasteiger partial charge is 0.179 e. The third-order valence-corrected chi connectivity index (χ3v) is 6.11. The topological polar surface area (TPSA) is 143 Å². The fraction of sp³-hybridized carbons (Fsp3) is 0.200. The van der Waals surface area contributed by atoms with E-state index in [2.05, 4.69) is 52.9 Å². The van der Waals surface area contributed by atoms with E-state index in [9.17, 15) is 5.26 Å². The first-order valence-corrected chi connectivity index (χ1v) is 11.9. The van der Waals surface area contributed by atoms with E-state index < -0.39 is 0 Å². The third-order valence-electron chi connectivity index (χ3n) is 6.11. The maximum absolute atomic E-state index is 9.59. The van der Waals surface area contributed by atoms with Crippen LogP contribution in [0.3, 0.4) is 0 Å². The molecular weight excluding hydrogens is 486 g/mol. The predicted octanol–water partition coefficient (Wildman–Crippen LogP) is 2.91. The molecule has 1 aliphatic heterocycles. The number of fused-ring (bicyclic) bond motifs is 1. The zero-order valence-corrected chi connectivity index (χ0v) is 20.4. The van der Waals surface area contributed by atoms with Gasteiger partial charge in [0.2, 0.25) is 0 Å². The van der Waals surface area contributed by atoms with Crippen LogP contribution in [-0.4, -0.2) is 67.8 Å². The molecule has 1 aromatic carbocycles. The van der Waals surface area contributed by atoms with E-state index in [-0.39, 0.29) is 0 Å². The first-order valence-electron chi connectivity index (χ1n) is 11.9. The number of morpholine rings is 1. The number of methoxy groups -OCH3 is 1. The molecule has 0 atom stereocenters. The molecule has 0 radical (unpaired) electrons. The van der Waals surface area contributed by atoms with Crippen LogP contribution in [0.25, 0.3) is 11.3 Å². The van der Waals surface area contributed by atoms with Crippen LogP contribution in [0.2, 0.25) is 0 Å². The highest BCUT2D eigenvalue weighted by Crippen LogP contribution is 2.31. The van der Waals surface area contributed by atoms with Gasteiger partial charge in [-0.3, -0.25) is 4.57 Å². The van der Waals surface area contributed by atoms with Gasteiger partial charge in [-0.25, -0.2) is 9.97 Å². The summed E-state index contributed by atoms with van der Waals surface area (Å²) in [5, 5.41) is 28.8. The number of ether oxygens (including phenoxy) is 2. The second-order valence-corrected chi connectivity index (χ2v) is 8.44. The molecule has 5 heterocycles. The molecule has 38 heavy (non-hydrogen) atoms. The number of hydrogen-bond donors (Lipinski definition) is 2. The summed E-state index contributed by atoms with van der Waals surface area (Å²) in [5.41, 5.74) is 4.20. The Balaban J connectivity index is 1.37. The monoisotopic (exact) mass is 509 g/mol. The van der Waals surface area contributed by atoms with Crippen molar-refractivity contribution in [1.29, 1.82) is 5.26 Å². The Morgan fingerprint density at radius 2 is 1.79 bits per heavy atom. The molecule has 190 valence electrons. The molecule has 5 aromatic rings. The Labute approximate surface area is 217 Å². The number of pyridine rings is 1. The van der Waals surface area contributed by atoms with Crippen LogP contribution in [0.4, 0.5) is 28.7 Å². The predicted molar refractivity (Wildman–Crippen MR) is 139 cm³/mol. The molecule has 0 spiro atoms. The van der Waals surface area contributed by atoms with E-state index in [0.29, 0.717) is 47.6 Å². The van der Waals surface area contributed by atoms with Gasteiger partial charge in [0.25, 0.3) is 0 Å². The van der Waals surface area contributed by atoms with Crippen LogP contribution in [0.5, 0.6) is 5.75 Å². The van der Waals surface area contributed by atoms with Gasteiger partial charge in [-0.05, 0) is 30.3 Å². The Kier molecular flexibility index (Phi) is 6.12. The summed E-state index contributed by atoms with van der Waals surface area (Å²) >= 11 is 0. The lowest BCUT2D eigenvalue weighted by Crippen LogP contribution is -2.36. The van der Waals surface area contributed by atoms with Crippen molar-refractivity contribution in [3.63, 3.8) is 0 Å². The average Bonchev–Trinajstić information content (AvgIpc) is 3.65. The fourth-order valence-electron chi connectivity index (χ4n) is 4.26. The Morgan fingerprint density at radius 1 is 0.947 bits per heavy atom. The van der Waals surface area contributed by atoms with Gasteiger partial charge in [0.15, 0.2) is 17.2 Å². The lowest BCUT2D eigenvalue weighted by Gasteiger charge is -2.30. The van der Waals surface area contributed by atoms with Crippen molar-refractivity contribution >= 4 is 34.3 Å². The van der Waals surface area contributed by atoms with Crippen LogP contribution in [0.1, 0.15) is 5.69 Å². The minimum absolute atomic E-state index is 0.308. The van der Waals surface area contributed by atoms with Gasteiger partial charge in [0.1, 0.15) is 30.3 Å². The SMILES string of the molecule is COc1ccc(Nc2cc(Nc3ccc(N4CCOCC4)c(-n4cnnc4)c3)nn3c(C#N)cnc23)nc1. The lowest BCUT2D eigenvalue weighted by atomic mass is 10.2. The molecule has 13 heteroatoms. The Morgan fingerprint density at radius 3 is 2.53 bits per heavy atom. The number of imidazole rings is 1. The highest BCUT2D eigenvalue weighted by molar-refractivity contribution is 5.77. The first-order chi connectivity index (χ1) is 18.7. The van der Waals surface area contributed by atoms with E-state index in [1.54, 1.807) is 32.0 Å².